The number of pyridine rings is 1. The van der Waals surface area contributed by atoms with Crippen molar-refractivity contribution in [3.8, 4) is 0 Å². The summed E-state index contributed by atoms with van der Waals surface area (Å²) in [4.78, 5) is 16.3. The number of nitrogens with zero attached hydrogens (tertiary/aromatic N) is 1. The van der Waals surface area contributed by atoms with Gasteiger partial charge in [-0.05, 0) is 29.7 Å². The first-order chi connectivity index (χ1) is 11.9. The lowest BCUT2D eigenvalue weighted by Crippen LogP contribution is -2.15. The number of hydrogen-bond donors (Lipinski definition) is 1. The first-order valence-corrected chi connectivity index (χ1v) is 8.36. The van der Waals surface area contributed by atoms with Crippen LogP contribution in [0.4, 0.5) is 18.9 Å². The number of halogens is 3. The standard InChI is InChI=1S/C18H13F3N2OS/c19-18(20,21)13-5-3-6-14(10-13)23-16(24)11-25-17-15-7-2-1-4-12(15)8-9-22-17/h1-10H,11H2,(H,23,24). The molecule has 0 spiro atoms. The number of amides is 1. The van der Waals surface area contributed by atoms with E-state index in [2.05, 4.69) is 10.3 Å². The maximum Gasteiger partial charge on any atom is 0.416 e. The molecule has 0 atom stereocenters. The highest BCUT2D eigenvalue weighted by Gasteiger charge is 2.30. The molecule has 3 aromatic rings. The number of carbonyl (C=O) groups is 1. The van der Waals surface area contributed by atoms with E-state index in [1.165, 1.54) is 23.9 Å². The molecule has 1 amide bonds. The van der Waals surface area contributed by atoms with E-state index in [0.29, 0.717) is 5.03 Å². The highest BCUT2D eigenvalue weighted by Crippen LogP contribution is 2.31. The molecule has 0 aliphatic carbocycles. The molecule has 0 radical (unpaired) electrons. The fourth-order valence-corrected chi connectivity index (χ4v) is 3.13. The number of carbonyl (C=O) groups excluding carboxylic acids is 1. The summed E-state index contributed by atoms with van der Waals surface area (Å²) in [5.41, 5.74) is -0.681. The van der Waals surface area contributed by atoms with E-state index in [9.17, 15) is 18.0 Å². The number of hydrogen-bond acceptors (Lipinski definition) is 3. The lowest BCUT2D eigenvalue weighted by atomic mass is 10.2. The van der Waals surface area contributed by atoms with Crippen LogP contribution < -0.4 is 5.32 Å². The van der Waals surface area contributed by atoms with Gasteiger partial charge in [0, 0.05) is 17.3 Å². The quantitative estimate of drug-likeness (QED) is 0.665. The van der Waals surface area contributed by atoms with Gasteiger partial charge in [-0.25, -0.2) is 4.98 Å². The smallest absolute Gasteiger partial charge is 0.325 e. The van der Waals surface area contributed by atoms with Gasteiger partial charge in [-0.1, -0.05) is 42.1 Å². The Hall–Kier alpha value is -2.54. The molecule has 0 saturated carbocycles. The fourth-order valence-electron chi connectivity index (χ4n) is 2.31. The molecule has 3 nitrogen and oxygen atoms in total. The minimum Gasteiger partial charge on any atom is -0.325 e. The molecular weight excluding hydrogens is 349 g/mol. The Balaban J connectivity index is 1.67. The number of fused-ring (bicyclic) bond motifs is 1. The van der Waals surface area contributed by atoms with Crippen LogP contribution in [-0.4, -0.2) is 16.6 Å². The maximum absolute atomic E-state index is 12.7. The van der Waals surface area contributed by atoms with Crippen molar-refractivity contribution in [2.24, 2.45) is 0 Å². The lowest BCUT2D eigenvalue weighted by molar-refractivity contribution is -0.137. The Bertz CT molecular complexity index is 907. The number of alkyl halides is 3. The van der Waals surface area contributed by atoms with Gasteiger partial charge in [-0.15, -0.1) is 0 Å². The number of thioether (sulfide) groups is 1. The van der Waals surface area contributed by atoms with Crippen LogP contribution in [-0.2, 0) is 11.0 Å². The summed E-state index contributed by atoms with van der Waals surface area (Å²) in [6, 6.07) is 14.1. The van der Waals surface area contributed by atoms with Gasteiger partial charge in [-0.3, -0.25) is 4.79 Å². The van der Waals surface area contributed by atoms with Crippen LogP contribution in [0.2, 0.25) is 0 Å². The van der Waals surface area contributed by atoms with Gasteiger partial charge in [-0.2, -0.15) is 13.2 Å². The Morgan fingerprint density at radius 2 is 1.88 bits per heavy atom. The van der Waals surface area contributed by atoms with Crippen molar-refractivity contribution in [1.29, 1.82) is 0 Å². The second-order valence-electron chi connectivity index (χ2n) is 5.25. The summed E-state index contributed by atoms with van der Waals surface area (Å²) in [5.74, 6) is -0.337. The number of benzene rings is 2. The molecule has 0 aliphatic rings. The largest absolute Gasteiger partial charge is 0.416 e. The number of aromatic nitrogens is 1. The van der Waals surface area contributed by atoms with E-state index < -0.39 is 11.7 Å². The van der Waals surface area contributed by atoms with E-state index in [1.807, 2.05) is 30.3 Å². The summed E-state index contributed by atoms with van der Waals surface area (Å²) in [5, 5.41) is 5.14. The van der Waals surface area contributed by atoms with Gasteiger partial charge in [0.15, 0.2) is 0 Å². The highest BCUT2D eigenvalue weighted by molar-refractivity contribution is 8.00. The third-order valence-corrected chi connectivity index (χ3v) is 4.46. The van der Waals surface area contributed by atoms with Crippen molar-refractivity contribution in [3.63, 3.8) is 0 Å². The van der Waals surface area contributed by atoms with E-state index >= 15 is 0 Å². The molecule has 0 bridgehead atoms. The second-order valence-corrected chi connectivity index (χ2v) is 6.22. The van der Waals surface area contributed by atoms with Crippen molar-refractivity contribution in [3.05, 3.63) is 66.4 Å². The highest BCUT2D eigenvalue weighted by atomic mass is 32.2. The van der Waals surface area contributed by atoms with Gasteiger partial charge in [0.1, 0.15) is 5.03 Å². The molecule has 2 aromatic carbocycles. The zero-order valence-corrected chi connectivity index (χ0v) is 13.7. The van der Waals surface area contributed by atoms with Crippen LogP contribution in [0.3, 0.4) is 0 Å². The monoisotopic (exact) mass is 362 g/mol. The SMILES string of the molecule is O=C(CSc1nccc2ccccc12)Nc1cccc(C(F)(F)F)c1. The van der Waals surface area contributed by atoms with Crippen molar-refractivity contribution >= 4 is 34.1 Å². The summed E-state index contributed by atoms with van der Waals surface area (Å²) in [7, 11) is 0. The van der Waals surface area contributed by atoms with E-state index in [-0.39, 0.29) is 17.3 Å². The molecule has 25 heavy (non-hydrogen) atoms. The van der Waals surface area contributed by atoms with E-state index in [4.69, 9.17) is 0 Å². The third-order valence-electron chi connectivity index (χ3n) is 3.45. The van der Waals surface area contributed by atoms with Crippen LogP contribution in [0.1, 0.15) is 5.56 Å². The predicted molar refractivity (Wildman–Crippen MR) is 92.5 cm³/mol. The normalized spacial score (nSPS) is 11.5. The Morgan fingerprint density at radius 3 is 2.68 bits per heavy atom. The zero-order chi connectivity index (χ0) is 17.9. The van der Waals surface area contributed by atoms with Crippen molar-refractivity contribution in [2.45, 2.75) is 11.2 Å². The first kappa shape index (κ1) is 17.3. The average Bonchev–Trinajstić information content (AvgIpc) is 2.59. The molecule has 128 valence electrons. The number of anilines is 1. The molecule has 0 saturated heterocycles. The van der Waals surface area contributed by atoms with Crippen molar-refractivity contribution in [2.75, 3.05) is 11.1 Å². The number of rotatable bonds is 4. The third kappa shape index (κ3) is 4.30. The van der Waals surface area contributed by atoms with Gasteiger partial charge in [0.25, 0.3) is 0 Å². The summed E-state index contributed by atoms with van der Waals surface area (Å²) >= 11 is 1.24. The van der Waals surface area contributed by atoms with Crippen molar-refractivity contribution < 1.29 is 18.0 Å². The van der Waals surface area contributed by atoms with Crippen LogP contribution in [0.5, 0.6) is 0 Å². The maximum atomic E-state index is 12.7. The molecule has 1 heterocycles. The summed E-state index contributed by atoms with van der Waals surface area (Å²) in [6.07, 6.45) is -2.78. The molecule has 7 heteroatoms. The fraction of sp³-hybridized carbons (Fsp3) is 0.111. The van der Waals surface area contributed by atoms with Crippen LogP contribution >= 0.6 is 11.8 Å². The molecule has 1 aromatic heterocycles. The van der Waals surface area contributed by atoms with Crippen LogP contribution in [0.25, 0.3) is 10.8 Å². The number of nitrogens with one attached hydrogen (secondary N) is 1. The lowest BCUT2D eigenvalue weighted by Gasteiger charge is -2.10. The minimum atomic E-state index is -4.44. The molecule has 3 rings (SSSR count). The second kappa shape index (κ2) is 7.14. The molecule has 0 aliphatic heterocycles. The molecule has 0 fully saturated rings. The van der Waals surface area contributed by atoms with Crippen LogP contribution in [0, 0.1) is 0 Å². The minimum absolute atomic E-state index is 0.0528. The summed E-state index contributed by atoms with van der Waals surface area (Å²) in [6.45, 7) is 0. The summed E-state index contributed by atoms with van der Waals surface area (Å²) < 4.78 is 38.1. The molecular formula is C18H13F3N2OS. The van der Waals surface area contributed by atoms with Gasteiger partial charge in [0.2, 0.25) is 5.91 Å². The topological polar surface area (TPSA) is 42.0 Å². The Labute approximate surface area is 146 Å². The van der Waals surface area contributed by atoms with Crippen molar-refractivity contribution in [1.82, 2.24) is 4.98 Å². The van der Waals surface area contributed by atoms with Gasteiger partial charge in [0.05, 0.1) is 11.3 Å². The molecule has 1 N–H and O–H groups in total. The predicted octanol–water partition coefficient (Wildman–Crippen LogP) is 4.98. The first-order valence-electron chi connectivity index (χ1n) is 7.37. The molecule has 0 unspecified atom stereocenters. The van der Waals surface area contributed by atoms with Gasteiger partial charge < -0.3 is 5.32 Å². The van der Waals surface area contributed by atoms with E-state index in [0.717, 1.165) is 22.9 Å². The van der Waals surface area contributed by atoms with E-state index in [1.54, 1.807) is 6.20 Å². The average molecular weight is 362 g/mol. The Morgan fingerprint density at radius 1 is 1.08 bits per heavy atom. The van der Waals surface area contributed by atoms with Crippen LogP contribution in [0.15, 0.2) is 65.8 Å². The Kier molecular flexibility index (Phi) is 4.94. The zero-order valence-electron chi connectivity index (χ0n) is 12.9. The van der Waals surface area contributed by atoms with Gasteiger partial charge >= 0.3 is 6.18 Å².